The molecule has 0 N–H and O–H groups in total. The second-order valence-corrected chi connectivity index (χ2v) is 11.4. The quantitative estimate of drug-likeness (QED) is 0.107. The highest BCUT2D eigenvalue weighted by molar-refractivity contribution is 6.36. The van der Waals surface area contributed by atoms with E-state index in [1.54, 1.807) is 36.4 Å². The van der Waals surface area contributed by atoms with Crippen molar-refractivity contribution in [3.05, 3.63) is 145 Å². The fourth-order valence-corrected chi connectivity index (χ4v) is 7.46. The summed E-state index contributed by atoms with van der Waals surface area (Å²) >= 11 is 13.1. The lowest BCUT2D eigenvalue weighted by molar-refractivity contribution is -0.384. The van der Waals surface area contributed by atoms with Crippen LogP contribution in [0.15, 0.2) is 97.1 Å². The number of benzene rings is 4. The zero-order valence-corrected chi connectivity index (χ0v) is 23.3. The number of nitro benzene ring substituents is 1. The van der Waals surface area contributed by atoms with Crippen molar-refractivity contribution in [1.29, 1.82) is 0 Å². The molecule has 2 aliphatic heterocycles. The molecule has 4 aromatic rings. The van der Waals surface area contributed by atoms with E-state index in [-0.39, 0.29) is 27.8 Å². The fraction of sp³-hybridized carbons (Fsp3) is 0.121. The molecule has 1 fully saturated rings. The second kappa shape index (κ2) is 9.48. The summed E-state index contributed by atoms with van der Waals surface area (Å²) in [4.78, 5) is 56.6. The van der Waals surface area contributed by atoms with Crippen LogP contribution < -0.4 is 4.90 Å². The number of Topliss-reactive ketones (excluding diaryl/α,β-unsaturated/α-hetero) is 3. The summed E-state index contributed by atoms with van der Waals surface area (Å²) in [6.45, 7) is 0. The number of carbonyl (C=O) groups is 3. The van der Waals surface area contributed by atoms with Crippen molar-refractivity contribution >= 4 is 58.0 Å². The predicted octanol–water partition coefficient (Wildman–Crippen LogP) is 7.22. The number of hydrogen-bond donors (Lipinski definition) is 0. The highest BCUT2D eigenvalue weighted by Crippen LogP contribution is 2.61. The standard InChI is InChI=1S/C33H20Cl2N2O5/c34-20-12-15-24(25(35)17-20)28-29(30(38)19-9-13-21(14-10-19)37(41)42)36-26-8-4-1-5-18(26)11-16-27(36)33(28)31(39)22-6-2-3-7-23(22)32(33)40/h1-17,27-29H/t27-,28-,29+/m0/s1. The Hall–Kier alpha value is -4.59. The van der Waals surface area contributed by atoms with Gasteiger partial charge in [0.2, 0.25) is 0 Å². The molecule has 1 saturated heterocycles. The Morgan fingerprint density at radius 3 is 2.14 bits per heavy atom. The van der Waals surface area contributed by atoms with Gasteiger partial charge in [0.05, 0.1) is 11.0 Å². The molecule has 1 spiro atoms. The molecule has 0 unspecified atom stereocenters. The van der Waals surface area contributed by atoms with Crippen LogP contribution in [0.2, 0.25) is 10.0 Å². The first kappa shape index (κ1) is 26.3. The van der Waals surface area contributed by atoms with Crippen molar-refractivity contribution in [2.75, 3.05) is 4.90 Å². The zero-order chi connectivity index (χ0) is 29.3. The SMILES string of the molecule is O=C(c1ccc([N+](=O)[O-])cc1)[C@H]1[C@H](c2ccc(Cl)cc2Cl)C2(C(=O)c3ccccc3C2=O)[C@@H]2C=Cc3ccccc3N21. The number of carbonyl (C=O) groups excluding carboxylic acids is 3. The molecule has 3 aliphatic rings. The van der Waals surface area contributed by atoms with Gasteiger partial charge in [-0.3, -0.25) is 24.5 Å². The van der Waals surface area contributed by atoms with Crippen LogP contribution in [0.5, 0.6) is 0 Å². The van der Waals surface area contributed by atoms with Gasteiger partial charge in [0.1, 0.15) is 11.5 Å². The number of fused-ring (bicyclic) bond motifs is 5. The van der Waals surface area contributed by atoms with Crippen LogP contribution in [-0.4, -0.2) is 34.4 Å². The first-order valence-corrected chi connectivity index (χ1v) is 14.0. The maximum absolute atomic E-state index is 14.7. The van der Waals surface area contributed by atoms with Crippen LogP contribution in [0.25, 0.3) is 6.08 Å². The van der Waals surface area contributed by atoms with Gasteiger partial charge in [-0.15, -0.1) is 0 Å². The van der Waals surface area contributed by atoms with Crippen molar-refractivity contribution in [2.45, 2.75) is 18.0 Å². The number of non-ortho nitro benzene ring substituents is 1. The third-order valence-electron chi connectivity index (χ3n) is 8.64. The highest BCUT2D eigenvalue weighted by Gasteiger charge is 2.71. The van der Waals surface area contributed by atoms with Crippen molar-refractivity contribution in [3.63, 3.8) is 0 Å². The Balaban J connectivity index is 1.54. The smallest absolute Gasteiger partial charge is 0.269 e. The predicted molar refractivity (Wildman–Crippen MR) is 160 cm³/mol. The molecule has 7 nitrogen and oxygen atoms in total. The van der Waals surface area contributed by atoms with E-state index in [0.29, 0.717) is 27.4 Å². The minimum Gasteiger partial charge on any atom is -0.352 e. The number of para-hydroxylation sites is 1. The van der Waals surface area contributed by atoms with Gasteiger partial charge in [-0.2, -0.15) is 0 Å². The first-order chi connectivity index (χ1) is 20.2. The molecule has 0 saturated carbocycles. The molecule has 4 aromatic carbocycles. The summed E-state index contributed by atoms with van der Waals surface area (Å²) < 4.78 is 0. The molecular formula is C33H20Cl2N2O5. The van der Waals surface area contributed by atoms with Crippen molar-refractivity contribution in [3.8, 4) is 0 Å². The van der Waals surface area contributed by atoms with Gasteiger partial charge < -0.3 is 4.90 Å². The van der Waals surface area contributed by atoms with Crippen molar-refractivity contribution in [1.82, 2.24) is 0 Å². The van der Waals surface area contributed by atoms with Crippen molar-refractivity contribution in [2.24, 2.45) is 5.41 Å². The second-order valence-electron chi connectivity index (χ2n) is 10.6. The van der Waals surface area contributed by atoms with Gasteiger partial charge in [-0.25, -0.2) is 0 Å². The summed E-state index contributed by atoms with van der Waals surface area (Å²) in [6.07, 6.45) is 3.70. The fourth-order valence-electron chi connectivity index (χ4n) is 6.93. The van der Waals surface area contributed by atoms with E-state index in [0.717, 1.165) is 5.56 Å². The Bertz CT molecular complexity index is 1850. The summed E-state index contributed by atoms with van der Waals surface area (Å²) in [5.74, 6) is -2.17. The number of nitro groups is 1. The maximum atomic E-state index is 14.7. The van der Waals surface area contributed by atoms with Crippen LogP contribution in [0, 0.1) is 15.5 Å². The van der Waals surface area contributed by atoms with Gasteiger partial charge in [0.15, 0.2) is 17.3 Å². The Morgan fingerprint density at radius 2 is 1.50 bits per heavy atom. The van der Waals surface area contributed by atoms with Crippen LogP contribution in [0.3, 0.4) is 0 Å². The molecule has 0 radical (unpaired) electrons. The van der Waals surface area contributed by atoms with Crippen LogP contribution in [0.4, 0.5) is 11.4 Å². The lowest BCUT2D eigenvalue weighted by atomic mass is 9.64. The van der Waals surface area contributed by atoms with E-state index >= 15 is 0 Å². The average molecular weight is 595 g/mol. The minimum absolute atomic E-state index is 0.160. The Kier molecular flexibility index (Phi) is 5.94. The lowest BCUT2D eigenvalue weighted by Crippen LogP contribution is -2.48. The zero-order valence-electron chi connectivity index (χ0n) is 21.7. The number of halogens is 2. The molecule has 3 atom stereocenters. The number of hydrogen-bond acceptors (Lipinski definition) is 6. The van der Waals surface area contributed by atoms with Crippen molar-refractivity contribution < 1.29 is 19.3 Å². The molecular weight excluding hydrogens is 575 g/mol. The van der Waals surface area contributed by atoms with E-state index in [2.05, 4.69) is 0 Å². The average Bonchev–Trinajstić information content (AvgIpc) is 3.43. The number of anilines is 1. The van der Waals surface area contributed by atoms with Crippen LogP contribution in [0.1, 0.15) is 48.1 Å². The molecule has 0 bridgehead atoms. The minimum atomic E-state index is -1.72. The van der Waals surface area contributed by atoms with Gasteiger partial charge >= 0.3 is 0 Å². The molecule has 0 aromatic heterocycles. The molecule has 0 amide bonds. The van der Waals surface area contributed by atoms with E-state index in [4.69, 9.17) is 23.2 Å². The molecule has 42 heavy (non-hydrogen) atoms. The Morgan fingerprint density at radius 1 is 0.857 bits per heavy atom. The third-order valence-corrected chi connectivity index (χ3v) is 9.20. The van der Waals surface area contributed by atoms with E-state index in [1.807, 2.05) is 41.3 Å². The van der Waals surface area contributed by atoms with E-state index in [1.165, 1.54) is 30.3 Å². The Labute approximate surface area is 250 Å². The highest BCUT2D eigenvalue weighted by atomic mass is 35.5. The van der Waals surface area contributed by atoms with Crippen LogP contribution >= 0.6 is 23.2 Å². The van der Waals surface area contributed by atoms with Gasteiger partial charge in [0.25, 0.3) is 5.69 Å². The van der Waals surface area contributed by atoms with Gasteiger partial charge in [-0.1, -0.05) is 83.9 Å². The summed E-state index contributed by atoms with van der Waals surface area (Å²) in [7, 11) is 0. The molecule has 7 rings (SSSR count). The lowest BCUT2D eigenvalue weighted by Gasteiger charge is -2.37. The first-order valence-electron chi connectivity index (χ1n) is 13.2. The van der Waals surface area contributed by atoms with E-state index < -0.39 is 34.1 Å². The summed E-state index contributed by atoms with van der Waals surface area (Å²) in [6, 6.07) is 22.5. The van der Waals surface area contributed by atoms with Crippen LogP contribution in [-0.2, 0) is 0 Å². The third kappa shape index (κ3) is 3.50. The number of nitrogens with zero attached hydrogens (tertiary/aromatic N) is 2. The number of ketones is 3. The molecule has 2 heterocycles. The molecule has 206 valence electrons. The van der Waals surface area contributed by atoms with E-state index in [9.17, 15) is 24.5 Å². The van der Waals surface area contributed by atoms with Gasteiger partial charge in [-0.05, 0) is 41.5 Å². The normalized spacial score (nSPS) is 21.3. The molecule has 1 aliphatic carbocycles. The summed E-state index contributed by atoms with van der Waals surface area (Å²) in [5.41, 5.74) is 0.883. The van der Waals surface area contributed by atoms with Gasteiger partial charge in [0, 0.05) is 50.5 Å². The number of rotatable bonds is 4. The summed E-state index contributed by atoms with van der Waals surface area (Å²) in [5, 5.41) is 11.9. The molecule has 9 heteroatoms. The maximum Gasteiger partial charge on any atom is 0.269 e. The topological polar surface area (TPSA) is 97.6 Å². The monoisotopic (exact) mass is 594 g/mol. The largest absolute Gasteiger partial charge is 0.352 e.